The summed E-state index contributed by atoms with van der Waals surface area (Å²) in [6.07, 6.45) is 7.72. The van der Waals surface area contributed by atoms with Gasteiger partial charge >= 0.3 is 0 Å². The lowest BCUT2D eigenvalue weighted by molar-refractivity contribution is 0.504. The molecular weight excluding hydrogens is 384 g/mol. The number of hydrogen-bond donors (Lipinski definition) is 0. The summed E-state index contributed by atoms with van der Waals surface area (Å²) in [4.78, 5) is 30.2. The van der Waals surface area contributed by atoms with E-state index in [0.717, 1.165) is 16.9 Å². The third kappa shape index (κ3) is 2.82. The molecule has 0 N–H and O–H groups in total. The van der Waals surface area contributed by atoms with E-state index in [1.807, 2.05) is 62.8 Å². The molecule has 156 valence electrons. The number of hydrogen-bond acceptors (Lipinski definition) is 4. The van der Waals surface area contributed by atoms with Gasteiger partial charge in [-0.2, -0.15) is 0 Å². The average Bonchev–Trinajstić information content (AvgIpc) is 2.97. The zero-order chi connectivity index (χ0) is 21.9. The molecule has 0 spiro atoms. The molecule has 0 saturated heterocycles. The van der Waals surface area contributed by atoms with Crippen LogP contribution in [0, 0.1) is 0 Å². The predicted octanol–water partition coefficient (Wildman–Crippen LogP) is 2.39. The highest BCUT2D eigenvalue weighted by Gasteiger charge is 2.41. The Bertz CT molecular complexity index is 1370. The van der Waals surface area contributed by atoms with Crippen molar-refractivity contribution in [2.75, 3.05) is 23.9 Å². The molecule has 2 heterocycles. The summed E-state index contributed by atoms with van der Waals surface area (Å²) in [7, 11) is 4.02. The Balaban J connectivity index is 1.56. The molecule has 2 unspecified atom stereocenters. The standard InChI is InChI=1S/C27H26N2O2/c1-27(2)21-10-6-8-12-23(21)29(4)24(27)16-20-25(30)19(26(20)31)15-17-13-14-28(3)22-11-7-5-9-18(17)22/h5-17,24H,1-4H3. The van der Waals surface area contributed by atoms with E-state index in [0.29, 0.717) is 10.4 Å². The van der Waals surface area contributed by atoms with Crippen LogP contribution < -0.4 is 31.1 Å². The fraction of sp³-hybridized carbons (Fsp3) is 0.259. The summed E-state index contributed by atoms with van der Waals surface area (Å²) in [6.45, 7) is 4.34. The molecule has 4 heteroatoms. The number of para-hydroxylation sites is 2. The van der Waals surface area contributed by atoms with Crippen molar-refractivity contribution in [3.63, 3.8) is 0 Å². The van der Waals surface area contributed by atoms with E-state index in [1.54, 1.807) is 0 Å². The molecular formula is C27H26N2O2. The molecule has 5 rings (SSSR count). The summed E-state index contributed by atoms with van der Waals surface area (Å²) in [5, 5.41) is 0.616. The number of rotatable bonds is 2. The third-order valence-electron chi connectivity index (χ3n) is 6.98. The maximum Gasteiger partial charge on any atom is 0.200 e. The molecule has 0 fully saturated rings. The molecule has 0 radical (unpaired) electrons. The smallest absolute Gasteiger partial charge is 0.200 e. The Morgan fingerprint density at radius 1 is 0.839 bits per heavy atom. The summed E-state index contributed by atoms with van der Waals surface area (Å²) in [6, 6.07) is 16.3. The molecule has 0 aromatic heterocycles. The van der Waals surface area contributed by atoms with Crippen molar-refractivity contribution in [3.05, 3.63) is 103 Å². The van der Waals surface area contributed by atoms with Gasteiger partial charge in [-0.15, -0.1) is 0 Å². The highest BCUT2D eigenvalue weighted by molar-refractivity contribution is 5.69. The summed E-state index contributed by atoms with van der Waals surface area (Å²) in [5.74, 6) is -0.0771. The van der Waals surface area contributed by atoms with Gasteiger partial charge in [0.2, 0.25) is 0 Å². The molecule has 0 aliphatic carbocycles. The van der Waals surface area contributed by atoms with E-state index in [-0.39, 0.29) is 28.2 Å². The van der Waals surface area contributed by atoms with E-state index in [2.05, 4.69) is 47.9 Å². The van der Waals surface area contributed by atoms with Crippen molar-refractivity contribution in [2.45, 2.75) is 31.2 Å². The van der Waals surface area contributed by atoms with Crippen molar-refractivity contribution in [1.29, 1.82) is 0 Å². The molecule has 0 saturated carbocycles. The molecule has 0 bridgehead atoms. The molecule has 3 aromatic carbocycles. The van der Waals surface area contributed by atoms with Gasteiger partial charge in [0.15, 0.2) is 10.9 Å². The van der Waals surface area contributed by atoms with Crippen molar-refractivity contribution in [1.82, 2.24) is 0 Å². The van der Waals surface area contributed by atoms with Gasteiger partial charge in [0, 0.05) is 43.0 Å². The van der Waals surface area contributed by atoms with Crippen LogP contribution in [-0.2, 0) is 5.41 Å². The lowest BCUT2D eigenvalue weighted by atomic mass is 9.80. The Kier molecular flexibility index (Phi) is 4.30. The second-order valence-corrected chi connectivity index (χ2v) is 9.15. The lowest BCUT2D eigenvalue weighted by Gasteiger charge is -2.29. The Morgan fingerprint density at radius 2 is 1.45 bits per heavy atom. The largest absolute Gasteiger partial charge is 0.367 e. The third-order valence-corrected chi connectivity index (χ3v) is 6.98. The van der Waals surface area contributed by atoms with Crippen LogP contribution in [0.5, 0.6) is 0 Å². The topological polar surface area (TPSA) is 40.6 Å². The van der Waals surface area contributed by atoms with E-state index in [9.17, 15) is 9.59 Å². The van der Waals surface area contributed by atoms with Crippen LogP contribution in [0.2, 0.25) is 0 Å². The highest BCUT2D eigenvalue weighted by atomic mass is 16.1. The van der Waals surface area contributed by atoms with Gasteiger partial charge in [-0.3, -0.25) is 9.59 Å². The van der Waals surface area contributed by atoms with Crippen molar-refractivity contribution < 1.29 is 0 Å². The second-order valence-electron chi connectivity index (χ2n) is 9.15. The van der Waals surface area contributed by atoms with Gasteiger partial charge in [0.05, 0.1) is 16.5 Å². The summed E-state index contributed by atoms with van der Waals surface area (Å²) >= 11 is 0. The van der Waals surface area contributed by atoms with Gasteiger partial charge in [0.1, 0.15) is 0 Å². The molecule has 0 amide bonds. The number of fused-ring (bicyclic) bond motifs is 2. The van der Waals surface area contributed by atoms with Crippen molar-refractivity contribution >= 4 is 23.5 Å². The number of nitrogens with zero attached hydrogens (tertiary/aromatic N) is 2. The van der Waals surface area contributed by atoms with E-state index in [1.165, 1.54) is 5.56 Å². The molecule has 4 nitrogen and oxygen atoms in total. The molecule has 2 aliphatic heterocycles. The molecule has 31 heavy (non-hydrogen) atoms. The second kappa shape index (κ2) is 6.81. The number of allylic oxidation sites excluding steroid dienone is 1. The summed E-state index contributed by atoms with van der Waals surface area (Å²) < 4.78 is 0. The van der Waals surface area contributed by atoms with Crippen LogP contribution in [0.15, 0.2) is 70.4 Å². The number of benzene rings is 2. The highest BCUT2D eigenvalue weighted by Crippen LogP contribution is 2.44. The first kappa shape index (κ1) is 19.6. The molecule has 3 aromatic rings. The van der Waals surface area contributed by atoms with Crippen LogP contribution in [0.1, 0.15) is 30.9 Å². The maximum absolute atomic E-state index is 13.0. The zero-order valence-corrected chi connectivity index (χ0v) is 18.3. The van der Waals surface area contributed by atoms with Gasteiger partial charge in [-0.1, -0.05) is 62.4 Å². The first-order valence-electron chi connectivity index (χ1n) is 10.7. The fourth-order valence-electron chi connectivity index (χ4n) is 5.16. The number of likely N-dealkylation sites (N-methyl/N-ethyl adjacent to an activating group) is 1. The van der Waals surface area contributed by atoms with Crippen LogP contribution in [0.25, 0.3) is 12.2 Å². The lowest BCUT2D eigenvalue weighted by Crippen LogP contribution is -2.65. The van der Waals surface area contributed by atoms with Crippen LogP contribution >= 0.6 is 0 Å². The maximum atomic E-state index is 13.0. The Labute approximate surface area is 181 Å². The van der Waals surface area contributed by atoms with Crippen LogP contribution in [-0.4, -0.2) is 20.1 Å². The minimum atomic E-state index is -0.187. The average molecular weight is 411 g/mol. The molecule has 2 atom stereocenters. The van der Waals surface area contributed by atoms with E-state index >= 15 is 0 Å². The number of anilines is 2. The molecule has 2 aliphatic rings. The SMILES string of the molecule is CN1C=CC(C=c2c(=O)c(=CC3N(C)c4ccccc4C3(C)C)c2=O)c2ccccc21. The van der Waals surface area contributed by atoms with Crippen LogP contribution in [0.3, 0.4) is 0 Å². The monoisotopic (exact) mass is 410 g/mol. The minimum Gasteiger partial charge on any atom is -0.367 e. The fourth-order valence-corrected chi connectivity index (χ4v) is 5.16. The van der Waals surface area contributed by atoms with Crippen molar-refractivity contribution in [2.24, 2.45) is 0 Å². The first-order valence-corrected chi connectivity index (χ1v) is 10.7. The Morgan fingerprint density at radius 3 is 2.16 bits per heavy atom. The Hall–Kier alpha value is -3.40. The van der Waals surface area contributed by atoms with E-state index in [4.69, 9.17) is 0 Å². The van der Waals surface area contributed by atoms with Gasteiger partial charge < -0.3 is 9.80 Å². The normalized spacial score (nSPS) is 21.2. The van der Waals surface area contributed by atoms with Gasteiger partial charge in [-0.05, 0) is 29.3 Å². The van der Waals surface area contributed by atoms with Crippen LogP contribution in [0.4, 0.5) is 11.4 Å². The first-order chi connectivity index (χ1) is 14.8. The van der Waals surface area contributed by atoms with Gasteiger partial charge in [-0.25, -0.2) is 0 Å². The van der Waals surface area contributed by atoms with Gasteiger partial charge in [0.25, 0.3) is 0 Å². The van der Waals surface area contributed by atoms with Crippen molar-refractivity contribution in [3.8, 4) is 0 Å². The summed E-state index contributed by atoms with van der Waals surface area (Å²) in [5.41, 5.74) is 4.11. The zero-order valence-electron chi connectivity index (χ0n) is 18.3. The van der Waals surface area contributed by atoms with E-state index < -0.39 is 0 Å². The predicted molar refractivity (Wildman–Crippen MR) is 128 cm³/mol. The quantitative estimate of drug-likeness (QED) is 0.651. The minimum absolute atomic E-state index is 0.0432.